The number of aromatic nitrogens is 1. The molecule has 1 saturated heterocycles. The maximum absolute atomic E-state index is 13.5. The predicted molar refractivity (Wildman–Crippen MR) is 105 cm³/mol. The summed E-state index contributed by atoms with van der Waals surface area (Å²) in [5, 5.41) is 11.3. The lowest BCUT2D eigenvalue weighted by Crippen LogP contribution is -2.43. The van der Waals surface area contributed by atoms with Gasteiger partial charge in [-0.05, 0) is 30.3 Å². The zero-order valence-electron chi connectivity index (χ0n) is 16.8. The van der Waals surface area contributed by atoms with E-state index in [1.54, 1.807) is 6.07 Å². The number of hydrogen-bond acceptors (Lipinski definition) is 4. The molecule has 2 amide bonds. The van der Waals surface area contributed by atoms with E-state index in [4.69, 9.17) is 5.26 Å². The van der Waals surface area contributed by atoms with Crippen LogP contribution >= 0.6 is 0 Å². The molecule has 1 aliphatic heterocycles. The van der Waals surface area contributed by atoms with Crippen molar-refractivity contribution in [2.24, 2.45) is 0 Å². The minimum absolute atomic E-state index is 0.0285. The van der Waals surface area contributed by atoms with E-state index in [0.29, 0.717) is 0 Å². The minimum atomic E-state index is -4.48. The molecule has 0 saturated carbocycles. The number of carbonyl (C=O) groups is 2. The summed E-state index contributed by atoms with van der Waals surface area (Å²) in [7, 11) is 0. The Bertz CT molecular complexity index is 1160. The molecule has 1 aliphatic rings. The van der Waals surface area contributed by atoms with Crippen LogP contribution in [0.2, 0.25) is 0 Å². The van der Waals surface area contributed by atoms with Crippen LogP contribution in [0, 0.1) is 23.2 Å². The van der Waals surface area contributed by atoms with E-state index in [2.05, 4.69) is 22.1 Å². The first-order valence-electron chi connectivity index (χ1n) is 9.48. The third kappa shape index (κ3) is 5.83. The zero-order valence-corrected chi connectivity index (χ0v) is 16.8. The Labute approximate surface area is 185 Å². The Balaban J connectivity index is 1.69. The Kier molecular flexibility index (Phi) is 6.63. The van der Waals surface area contributed by atoms with Crippen LogP contribution in [0.25, 0.3) is 0 Å². The van der Waals surface area contributed by atoms with Crippen LogP contribution in [0.3, 0.4) is 0 Å². The number of nitrogens with one attached hydrogen (secondary N) is 1. The topological polar surface area (TPSA) is 86.1 Å². The first-order chi connectivity index (χ1) is 15.5. The van der Waals surface area contributed by atoms with Gasteiger partial charge in [-0.2, -0.15) is 18.4 Å². The van der Waals surface area contributed by atoms with Crippen LogP contribution in [-0.2, 0) is 11.0 Å². The monoisotopic (exact) mass is 462 g/mol. The number of amides is 2. The molecule has 1 aromatic carbocycles. The van der Waals surface area contributed by atoms with Crippen molar-refractivity contribution >= 4 is 11.8 Å². The van der Waals surface area contributed by atoms with Crippen molar-refractivity contribution in [2.45, 2.75) is 24.6 Å². The Morgan fingerprint density at radius 3 is 2.52 bits per heavy atom. The number of hydrogen-bond donors (Lipinski definition) is 1. The minimum Gasteiger partial charge on any atom is -0.343 e. The molecular formula is C22H15F5N4O2. The lowest BCUT2D eigenvalue weighted by Gasteiger charge is -2.19. The molecule has 0 spiro atoms. The summed E-state index contributed by atoms with van der Waals surface area (Å²) >= 11 is 0. The van der Waals surface area contributed by atoms with Crippen molar-refractivity contribution in [2.75, 3.05) is 13.1 Å². The molecule has 1 atom stereocenters. The average Bonchev–Trinajstić information content (AvgIpc) is 3.10. The van der Waals surface area contributed by atoms with Gasteiger partial charge >= 0.3 is 6.18 Å². The van der Waals surface area contributed by atoms with E-state index >= 15 is 0 Å². The molecule has 11 heteroatoms. The van der Waals surface area contributed by atoms with Crippen molar-refractivity contribution in [3.05, 3.63) is 65.0 Å². The van der Waals surface area contributed by atoms with Gasteiger partial charge in [0.05, 0.1) is 35.8 Å². The fourth-order valence-electron chi connectivity index (χ4n) is 3.12. The van der Waals surface area contributed by atoms with E-state index in [1.165, 1.54) is 30.6 Å². The maximum Gasteiger partial charge on any atom is 0.416 e. The van der Waals surface area contributed by atoms with Gasteiger partial charge in [-0.25, -0.2) is 8.78 Å². The van der Waals surface area contributed by atoms with Crippen molar-refractivity contribution < 1.29 is 31.5 Å². The van der Waals surface area contributed by atoms with Crippen molar-refractivity contribution in [1.82, 2.24) is 15.2 Å². The maximum atomic E-state index is 13.5. The van der Waals surface area contributed by atoms with Crippen molar-refractivity contribution in [3.63, 3.8) is 0 Å². The van der Waals surface area contributed by atoms with E-state index < -0.39 is 55.0 Å². The standard InChI is InChI=1S/C22H15F5N4O2/c23-21(24)9-17(10-28)31(13-21)19(32)12-30-20(33)18-7-8-29-11-15(18)4-1-14-2-5-16(6-3-14)22(25,26)27/h2-3,5-8,11,17H,9,12-13H2,(H,30,33). The fraction of sp³-hybridized carbons (Fsp3) is 0.273. The fourth-order valence-corrected chi connectivity index (χ4v) is 3.12. The van der Waals surface area contributed by atoms with Gasteiger partial charge in [0.15, 0.2) is 0 Å². The second kappa shape index (κ2) is 9.25. The number of nitriles is 1. The molecule has 0 bridgehead atoms. The number of pyridine rings is 1. The summed E-state index contributed by atoms with van der Waals surface area (Å²) in [5.74, 6) is 0.538. The Hall–Kier alpha value is -3.99. The molecule has 2 heterocycles. The summed E-state index contributed by atoms with van der Waals surface area (Å²) in [6.07, 6.45) is -2.68. The van der Waals surface area contributed by atoms with E-state index in [0.717, 1.165) is 17.0 Å². The van der Waals surface area contributed by atoms with Crippen molar-refractivity contribution in [1.29, 1.82) is 5.26 Å². The van der Waals surface area contributed by atoms with E-state index in [9.17, 15) is 31.5 Å². The predicted octanol–water partition coefficient (Wildman–Crippen LogP) is 2.99. The normalized spacial score (nSPS) is 17.0. The molecule has 170 valence electrons. The smallest absolute Gasteiger partial charge is 0.343 e. The average molecular weight is 462 g/mol. The van der Waals surface area contributed by atoms with Gasteiger partial charge in [0, 0.05) is 24.4 Å². The molecular weight excluding hydrogens is 447 g/mol. The van der Waals surface area contributed by atoms with Gasteiger partial charge in [-0.15, -0.1) is 0 Å². The molecule has 2 aromatic rings. The van der Waals surface area contributed by atoms with Gasteiger partial charge in [-0.3, -0.25) is 14.6 Å². The summed E-state index contributed by atoms with van der Waals surface area (Å²) in [4.78, 5) is 29.3. The van der Waals surface area contributed by atoms with Crippen LogP contribution in [-0.4, -0.2) is 46.8 Å². The van der Waals surface area contributed by atoms with Gasteiger partial charge < -0.3 is 10.2 Å². The zero-order chi connectivity index (χ0) is 24.2. The van der Waals surface area contributed by atoms with Crippen LogP contribution < -0.4 is 5.32 Å². The van der Waals surface area contributed by atoms with Gasteiger partial charge in [0.25, 0.3) is 11.8 Å². The Morgan fingerprint density at radius 2 is 1.88 bits per heavy atom. The third-order valence-electron chi connectivity index (χ3n) is 4.76. The molecule has 0 aliphatic carbocycles. The number of likely N-dealkylation sites (tertiary alicyclic amines) is 1. The molecule has 3 rings (SSSR count). The van der Waals surface area contributed by atoms with E-state index in [-0.39, 0.29) is 16.7 Å². The second-order valence-corrected chi connectivity index (χ2v) is 7.16. The number of nitrogens with zero attached hydrogens (tertiary/aromatic N) is 3. The first-order valence-corrected chi connectivity index (χ1v) is 9.48. The SMILES string of the molecule is N#CC1CC(F)(F)CN1C(=O)CNC(=O)c1ccncc1C#Cc1ccc(C(F)(F)F)cc1. The summed E-state index contributed by atoms with van der Waals surface area (Å²) in [5.41, 5.74) is -0.384. The summed E-state index contributed by atoms with van der Waals surface area (Å²) in [6.45, 7) is -1.51. The van der Waals surface area contributed by atoms with Gasteiger partial charge in [0.2, 0.25) is 5.91 Å². The molecule has 1 fully saturated rings. The van der Waals surface area contributed by atoms with Crippen LogP contribution in [0.4, 0.5) is 22.0 Å². The first kappa shape index (κ1) is 23.7. The summed E-state index contributed by atoms with van der Waals surface area (Å²) in [6, 6.07) is 5.80. The van der Waals surface area contributed by atoms with Crippen molar-refractivity contribution in [3.8, 4) is 17.9 Å². The lowest BCUT2D eigenvalue weighted by atomic mass is 10.1. The van der Waals surface area contributed by atoms with Gasteiger partial charge in [-0.1, -0.05) is 11.8 Å². The largest absolute Gasteiger partial charge is 0.416 e. The van der Waals surface area contributed by atoms with Gasteiger partial charge in [0.1, 0.15) is 6.04 Å². The molecule has 1 aromatic heterocycles. The highest BCUT2D eigenvalue weighted by molar-refractivity contribution is 5.98. The number of halogens is 5. The van der Waals surface area contributed by atoms with Crippen LogP contribution in [0.1, 0.15) is 33.5 Å². The van der Waals surface area contributed by atoms with Crippen LogP contribution in [0.5, 0.6) is 0 Å². The molecule has 0 radical (unpaired) electrons. The molecule has 33 heavy (non-hydrogen) atoms. The summed E-state index contributed by atoms with van der Waals surface area (Å²) < 4.78 is 65.0. The van der Waals surface area contributed by atoms with E-state index in [1.807, 2.05) is 0 Å². The molecule has 1 N–H and O–H groups in total. The van der Waals surface area contributed by atoms with Crippen LogP contribution in [0.15, 0.2) is 42.7 Å². The number of benzene rings is 1. The highest BCUT2D eigenvalue weighted by Crippen LogP contribution is 2.31. The lowest BCUT2D eigenvalue weighted by molar-refractivity contribution is -0.137. The highest BCUT2D eigenvalue weighted by atomic mass is 19.4. The molecule has 6 nitrogen and oxygen atoms in total. The third-order valence-corrected chi connectivity index (χ3v) is 4.76. The quantitative estimate of drug-likeness (QED) is 0.562. The highest BCUT2D eigenvalue weighted by Gasteiger charge is 2.47. The molecule has 1 unspecified atom stereocenters. The Morgan fingerprint density at radius 1 is 1.18 bits per heavy atom. The number of alkyl halides is 5. The second-order valence-electron chi connectivity index (χ2n) is 7.16. The number of carbonyl (C=O) groups excluding carboxylic acids is 2. The number of rotatable bonds is 3.